The molecule has 0 unspecified atom stereocenters. The summed E-state index contributed by atoms with van der Waals surface area (Å²) in [6, 6.07) is 0. The fourth-order valence-corrected chi connectivity index (χ4v) is 0.0799. The van der Waals surface area contributed by atoms with Gasteiger partial charge in [0.1, 0.15) is 0 Å². The lowest BCUT2D eigenvalue weighted by Crippen LogP contribution is -1.63. The highest BCUT2D eigenvalue weighted by Crippen LogP contribution is 1.74. The Bertz CT molecular complexity index is 67.8. The molecule has 0 aliphatic carbocycles. The van der Waals surface area contributed by atoms with Gasteiger partial charge in [0.05, 0.1) is 0 Å². The molecule has 0 amide bonds. The Morgan fingerprint density at radius 2 is 1.43 bits per heavy atom. The average molecular weight is 102 g/mol. The van der Waals surface area contributed by atoms with Crippen molar-refractivity contribution >= 4 is 0 Å². The molecule has 6 heteroatoms. The predicted octanol–water partition coefficient (Wildman–Crippen LogP) is 0.844. The fourth-order valence-electron chi connectivity index (χ4n) is 0.0799. The molecule has 0 aromatic heterocycles. The first-order chi connectivity index (χ1) is 3.41. The van der Waals surface area contributed by atoms with Crippen LogP contribution in [0.2, 0.25) is 0 Å². The second-order valence-corrected chi connectivity index (χ2v) is 0.588. The molecule has 0 heterocycles. The molecule has 0 atom stereocenters. The van der Waals surface area contributed by atoms with E-state index in [1.54, 1.807) is 0 Å². The molecule has 0 aliphatic heterocycles. The van der Waals surface area contributed by atoms with Crippen LogP contribution in [0.1, 0.15) is 0 Å². The van der Waals surface area contributed by atoms with E-state index in [1.165, 1.54) is 0 Å². The SMILES string of the molecule is [O-]/N=N/C/N=N/[O-]. The summed E-state index contributed by atoms with van der Waals surface area (Å²) in [6.45, 7) is -0.271. The Morgan fingerprint density at radius 1 is 1.00 bits per heavy atom. The van der Waals surface area contributed by atoms with Crippen LogP contribution in [-0.4, -0.2) is 6.67 Å². The second kappa shape index (κ2) is 4.80. The van der Waals surface area contributed by atoms with Crippen LogP contribution in [0, 0.1) is 10.4 Å². The molecule has 0 aromatic rings. The van der Waals surface area contributed by atoms with Crippen molar-refractivity contribution in [1.29, 1.82) is 0 Å². The second-order valence-electron chi connectivity index (χ2n) is 0.588. The maximum absolute atomic E-state index is 9.06. The largest absolute Gasteiger partial charge is 0.775 e. The molecule has 0 saturated heterocycles. The Hall–Kier alpha value is -1.20. The Morgan fingerprint density at radius 3 is 1.71 bits per heavy atom. The normalized spacial score (nSPS) is 11.4. The molecular weight excluding hydrogens is 100 g/mol. The van der Waals surface area contributed by atoms with Gasteiger partial charge in [0, 0.05) is 0 Å². The van der Waals surface area contributed by atoms with Gasteiger partial charge in [0.25, 0.3) is 0 Å². The smallest absolute Gasteiger partial charge is 0.170 e. The first-order valence-corrected chi connectivity index (χ1v) is 1.40. The summed E-state index contributed by atoms with van der Waals surface area (Å²) in [5, 5.41) is 27.8. The van der Waals surface area contributed by atoms with Crippen molar-refractivity contribution < 1.29 is 0 Å². The van der Waals surface area contributed by atoms with Gasteiger partial charge in [-0.15, -0.1) is 0 Å². The van der Waals surface area contributed by atoms with Crippen molar-refractivity contribution in [3.05, 3.63) is 10.4 Å². The lowest BCUT2D eigenvalue weighted by atomic mass is 11.2. The van der Waals surface area contributed by atoms with Gasteiger partial charge in [-0.25, -0.2) is 10.6 Å². The Kier molecular flexibility index (Phi) is 3.98. The summed E-state index contributed by atoms with van der Waals surface area (Å²) in [7, 11) is 0. The van der Waals surface area contributed by atoms with E-state index in [4.69, 9.17) is 10.4 Å². The van der Waals surface area contributed by atoms with Crippen molar-refractivity contribution in [3.8, 4) is 0 Å². The third-order valence-corrected chi connectivity index (χ3v) is 0.242. The summed E-state index contributed by atoms with van der Waals surface area (Å²) in [5.74, 6) is 0. The standard InChI is InChI=1S/CH4N4O2/c6-4-2-1-3-5-7/h1H2,(H,2,6)(H,3,7)/p-2. The van der Waals surface area contributed by atoms with Gasteiger partial charge in [-0.05, 0) is 0 Å². The molecule has 0 saturated carbocycles. The predicted molar refractivity (Wildman–Crippen MR) is 21.3 cm³/mol. The minimum atomic E-state index is -0.271. The van der Waals surface area contributed by atoms with E-state index in [1.807, 2.05) is 0 Å². The van der Waals surface area contributed by atoms with Gasteiger partial charge in [-0.3, -0.25) is 0 Å². The zero-order chi connectivity index (χ0) is 5.54. The van der Waals surface area contributed by atoms with Gasteiger partial charge in [-0.2, -0.15) is 10.2 Å². The van der Waals surface area contributed by atoms with E-state index in [9.17, 15) is 0 Å². The number of hydrogen-bond donors (Lipinski definition) is 0. The monoisotopic (exact) mass is 102 g/mol. The number of nitrogens with zero attached hydrogens (tertiary/aromatic N) is 4. The van der Waals surface area contributed by atoms with E-state index in [2.05, 4.69) is 20.8 Å². The van der Waals surface area contributed by atoms with Gasteiger partial charge in [-0.1, -0.05) is 0 Å². The van der Waals surface area contributed by atoms with Crippen LogP contribution in [-0.2, 0) is 0 Å². The third kappa shape index (κ3) is 4.80. The quantitative estimate of drug-likeness (QED) is 0.381. The average Bonchev–Trinajstić information content (AvgIpc) is 1.69. The molecule has 0 bridgehead atoms. The van der Waals surface area contributed by atoms with Gasteiger partial charge in [0.2, 0.25) is 0 Å². The zero-order valence-corrected chi connectivity index (χ0v) is 3.31. The molecule has 0 aromatic carbocycles. The number of rotatable bonds is 2. The van der Waals surface area contributed by atoms with Crippen LogP contribution in [0.3, 0.4) is 0 Å². The summed E-state index contributed by atoms with van der Waals surface area (Å²) in [5.41, 5.74) is 0. The highest BCUT2D eigenvalue weighted by atomic mass is 16.5. The molecule has 0 N–H and O–H groups in total. The fraction of sp³-hybridized carbons (Fsp3) is 1.00. The van der Waals surface area contributed by atoms with Crippen LogP contribution >= 0.6 is 0 Å². The molecule has 0 aliphatic rings. The number of hydrogen-bond acceptors (Lipinski definition) is 6. The lowest BCUT2D eigenvalue weighted by molar-refractivity contribution is 0.902. The van der Waals surface area contributed by atoms with Crippen molar-refractivity contribution in [1.82, 2.24) is 0 Å². The third-order valence-electron chi connectivity index (χ3n) is 0.242. The van der Waals surface area contributed by atoms with Gasteiger partial charge >= 0.3 is 0 Å². The summed E-state index contributed by atoms with van der Waals surface area (Å²) >= 11 is 0. The minimum absolute atomic E-state index is 0.271. The maximum Gasteiger partial charge on any atom is 0.170 e. The lowest BCUT2D eigenvalue weighted by Gasteiger charge is -1.86. The van der Waals surface area contributed by atoms with E-state index in [0.717, 1.165) is 0 Å². The molecular formula is CH2N4O2-2. The molecule has 40 valence electrons. The van der Waals surface area contributed by atoms with Crippen molar-refractivity contribution in [2.75, 3.05) is 6.67 Å². The van der Waals surface area contributed by atoms with Crippen molar-refractivity contribution in [2.24, 2.45) is 20.8 Å². The van der Waals surface area contributed by atoms with Crippen LogP contribution in [0.15, 0.2) is 20.8 Å². The van der Waals surface area contributed by atoms with Gasteiger partial charge in [0.15, 0.2) is 6.67 Å². The summed E-state index contributed by atoms with van der Waals surface area (Å²) in [4.78, 5) is 0. The van der Waals surface area contributed by atoms with E-state index in [0.29, 0.717) is 0 Å². The van der Waals surface area contributed by atoms with Crippen LogP contribution in [0.25, 0.3) is 0 Å². The zero-order valence-electron chi connectivity index (χ0n) is 3.31. The topological polar surface area (TPSA) is 95.6 Å². The molecule has 0 rings (SSSR count). The molecule has 0 spiro atoms. The Labute approximate surface area is 39.1 Å². The van der Waals surface area contributed by atoms with E-state index >= 15 is 0 Å². The van der Waals surface area contributed by atoms with Crippen LogP contribution in [0.5, 0.6) is 0 Å². The van der Waals surface area contributed by atoms with Crippen molar-refractivity contribution in [2.45, 2.75) is 0 Å². The molecule has 7 heavy (non-hydrogen) atoms. The van der Waals surface area contributed by atoms with Gasteiger partial charge < -0.3 is 10.4 Å². The first-order valence-electron chi connectivity index (χ1n) is 1.40. The first kappa shape index (κ1) is 5.80. The summed E-state index contributed by atoms with van der Waals surface area (Å²) < 4.78 is 0. The molecule has 0 fully saturated rings. The van der Waals surface area contributed by atoms with Crippen LogP contribution in [0.4, 0.5) is 0 Å². The maximum atomic E-state index is 9.06. The highest BCUT2D eigenvalue weighted by Gasteiger charge is 1.60. The molecule has 0 radical (unpaired) electrons. The molecule has 6 nitrogen and oxygen atoms in total. The summed E-state index contributed by atoms with van der Waals surface area (Å²) in [6.07, 6.45) is 0. The highest BCUT2D eigenvalue weighted by molar-refractivity contribution is 4.32. The van der Waals surface area contributed by atoms with E-state index in [-0.39, 0.29) is 6.67 Å². The van der Waals surface area contributed by atoms with Crippen molar-refractivity contribution in [3.63, 3.8) is 0 Å². The van der Waals surface area contributed by atoms with Crippen LogP contribution < -0.4 is 0 Å². The Balaban J connectivity index is 2.98. The van der Waals surface area contributed by atoms with E-state index < -0.39 is 0 Å². The minimum Gasteiger partial charge on any atom is -0.775 e.